The molecule has 2 aromatic rings. The number of nitrogens with zero attached hydrogens (tertiary/aromatic N) is 2. The van der Waals surface area contributed by atoms with Crippen molar-refractivity contribution in [3.05, 3.63) is 59.1 Å². The second-order valence-corrected chi connectivity index (χ2v) is 9.30. The normalized spacial score (nSPS) is 17.2. The first-order chi connectivity index (χ1) is 13.3. The zero-order valence-corrected chi connectivity index (χ0v) is 17.5. The van der Waals surface area contributed by atoms with Crippen LogP contribution in [0.5, 0.6) is 0 Å². The highest BCUT2D eigenvalue weighted by Crippen LogP contribution is 2.21. The van der Waals surface area contributed by atoms with Gasteiger partial charge in [-0.25, -0.2) is 8.42 Å². The number of piperazine rings is 1. The summed E-state index contributed by atoms with van der Waals surface area (Å²) in [5.41, 5.74) is 1.88. The molecule has 1 saturated heterocycles. The molecule has 3 rings (SSSR count). The number of carbonyl (C=O) groups excluding carboxylic acids is 1. The largest absolute Gasteiger partial charge is 0.325 e. The highest BCUT2D eigenvalue weighted by atomic mass is 35.5. The fourth-order valence-corrected chi connectivity index (χ4v) is 4.88. The van der Waals surface area contributed by atoms with Crippen LogP contribution in [0.1, 0.15) is 12.5 Å². The van der Waals surface area contributed by atoms with Gasteiger partial charge in [0.2, 0.25) is 15.9 Å². The predicted octanol–water partition coefficient (Wildman–Crippen LogP) is 2.98. The molecule has 0 radical (unpaired) electrons. The molecule has 1 aliphatic heterocycles. The smallest absolute Gasteiger partial charge is 0.243 e. The maximum atomic E-state index is 12.8. The van der Waals surface area contributed by atoms with Gasteiger partial charge in [0.05, 0.1) is 10.9 Å². The Labute approximate surface area is 171 Å². The molecule has 150 valence electrons. The third kappa shape index (κ3) is 4.72. The molecule has 0 spiro atoms. The van der Waals surface area contributed by atoms with Crippen molar-refractivity contribution in [2.24, 2.45) is 0 Å². The van der Waals surface area contributed by atoms with Crippen molar-refractivity contribution in [1.82, 2.24) is 9.21 Å². The molecule has 8 heteroatoms. The van der Waals surface area contributed by atoms with Crippen LogP contribution in [0.15, 0.2) is 53.4 Å². The van der Waals surface area contributed by atoms with Crippen molar-refractivity contribution < 1.29 is 13.2 Å². The molecule has 2 aromatic carbocycles. The zero-order chi connectivity index (χ0) is 20.3. The minimum Gasteiger partial charge on any atom is -0.325 e. The number of benzene rings is 2. The van der Waals surface area contributed by atoms with Gasteiger partial charge in [-0.15, -0.1) is 0 Å². The molecular formula is C20H24ClN3O3S. The van der Waals surface area contributed by atoms with Crippen molar-refractivity contribution in [2.45, 2.75) is 24.8 Å². The number of nitrogens with one attached hydrogen (secondary N) is 1. The monoisotopic (exact) mass is 421 g/mol. The summed E-state index contributed by atoms with van der Waals surface area (Å²) >= 11 is 5.93. The Balaban J connectivity index is 1.59. The Hall–Kier alpha value is -1.93. The minimum atomic E-state index is -3.58. The topological polar surface area (TPSA) is 69.7 Å². The summed E-state index contributed by atoms with van der Waals surface area (Å²) in [5, 5.41) is 3.30. The number of halogens is 1. The van der Waals surface area contributed by atoms with Crippen LogP contribution < -0.4 is 5.32 Å². The van der Waals surface area contributed by atoms with Gasteiger partial charge in [-0.2, -0.15) is 4.31 Å². The van der Waals surface area contributed by atoms with Gasteiger partial charge in [0.25, 0.3) is 0 Å². The Kier molecular flexibility index (Phi) is 6.40. The van der Waals surface area contributed by atoms with E-state index in [4.69, 9.17) is 11.6 Å². The van der Waals surface area contributed by atoms with Crippen LogP contribution in [0.3, 0.4) is 0 Å². The average molecular weight is 422 g/mol. The number of aryl methyl sites for hydroxylation is 1. The molecule has 1 N–H and O–H groups in total. The highest BCUT2D eigenvalue weighted by molar-refractivity contribution is 7.89. The molecule has 0 saturated carbocycles. The zero-order valence-electron chi connectivity index (χ0n) is 15.9. The van der Waals surface area contributed by atoms with E-state index in [1.165, 1.54) is 10.4 Å². The van der Waals surface area contributed by atoms with E-state index < -0.39 is 10.0 Å². The SMILES string of the molecule is Cc1ccc(NC(=O)C(C)N2CCN(S(=O)(=O)c3cccc(Cl)c3)CC2)cc1. The van der Waals surface area contributed by atoms with E-state index in [2.05, 4.69) is 5.32 Å². The lowest BCUT2D eigenvalue weighted by molar-refractivity contribution is -0.121. The second kappa shape index (κ2) is 8.61. The first-order valence-electron chi connectivity index (χ1n) is 9.15. The van der Waals surface area contributed by atoms with Crippen LogP contribution in [0.2, 0.25) is 5.02 Å². The van der Waals surface area contributed by atoms with Crippen LogP contribution in [-0.2, 0) is 14.8 Å². The quantitative estimate of drug-likeness (QED) is 0.805. The molecule has 0 aromatic heterocycles. The average Bonchev–Trinajstić information content (AvgIpc) is 2.69. The van der Waals surface area contributed by atoms with E-state index in [1.807, 2.05) is 43.0 Å². The highest BCUT2D eigenvalue weighted by Gasteiger charge is 2.31. The molecule has 0 aliphatic carbocycles. The first kappa shape index (κ1) is 20.8. The summed E-state index contributed by atoms with van der Waals surface area (Å²) in [7, 11) is -3.58. The van der Waals surface area contributed by atoms with E-state index in [0.717, 1.165) is 11.3 Å². The molecule has 6 nitrogen and oxygen atoms in total. The number of sulfonamides is 1. The molecule has 1 unspecified atom stereocenters. The maximum Gasteiger partial charge on any atom is 0.243 e. The summed E-state index contributed by atoms with van der Waals surface area (Å²) in [4.78, 5) is 14.7. The number of hydrogen-bond acceptors (Lipinski definition) is 4. The van der Waals surface area contributed by atoms with Gasteiger partial charge < -0.3 is 5.32 Å². The maximum absolute atomic E-state index is 12.8. The van der Waals surface area contributed by atoms with Crippen molar-refractivity contribution >= 4 is 33.2 Å². The fraction of sp³-hybridized carbons (Fsp3) is 0.350. The van der Waals surface area contributed by atoms with Crippen molar-refractivity contribution in [2.75, 3.05) is 31.5 Å². The van der Waals surface area contributed by atoms with Crippen molar-refractivity contribution in [1.29, 1.82) is 0 Å². The van der Waals surface area contributed by atoms with Crippen LogP contribution in [0.25, 0.3) is 0 Å². The van der Waals surface area contributed by atoms with Gasteiger partial charge in [0.1, 0.15) is 0 Å². The number of carbonyl (C=O) groups is 1. The Morgan fingerprint density at radius 2 is 1.71 bits per heavy atom. The molecule has 0 bridgehead atoms. The van der Waals surface area contributed by atoms with Crippen LogP contribution in [-0.4, -0.2) is 55.8 Å². The molecule has 1 atom stereocenters. The summed E-state index contributed by atoms with van der Waals surface area (Å²) in [5.74, 6) is -0.102. The third-order valence-corrected chi connectivity index (χ3v) is 7.08. The fourth-order valence-electron chi connectivity index (χ4n) is 3.16. The summed E-state index contributed by atoms with van der Waals surface area (Å²) in [6.45, 7) is 5.47. The molecule has 1 aliphatic rings. The standard InChI is InChI=1S/C20H24ClN3O3S/c1-15-6-8-18(9-7-15)22-20(25)16(2)23-10-12-24(13-11-23)28(26,27)19-5-3-4-17(21)14-19/h3-9,14,16H,10-13H2,1-2H3,(H,22,25). The summed E-state index contributed by atoms with van der Waals surface area (Å²) < 4.78 is 27.0. The number of rotatable bonds is 5. The summed E-state index contributed by atoms with van der Waals surface area (Å²) in [6, 6.07) is 13.6. The van der Waals surface area contributed by atoms with E-state index in [9.17, 15) is 13.2 Å². The van der Waals surface area contributed by atoms with Crippen LogP contribution >= 0.6 is 11.6 Å². The number of amides is 1. The molecule has 1 amide bonds. The van der Waals surface area contributed by atoms with Gasteiger partial charge in [-0.1, -0.05) is 35.4 Å². The van der Waals surface area contributed by atoms with Crippen molar-refractivity contribution in [3.63, 3.8) is 0 Å². The molecule has 1 heterocycles. The molecular weight excluding hydrogens is 398 g/mol. The van der Waals surface area contributed by atoms with Gasteiger partial charge in [0.15, 0.2) is 0 Å². The van der Waals surface area contributed by atoms with E-state index in [-0.39, 0.29) is 16.8 Å². The van der Waals surface area contributed by atoms with E-state index in [1.54, 1.807) is 18.2 Å². The van der Waals surface area contributed by atoms with Gasteiger partial charge in [0, 0.05) is 36.9 Å². The van der Waals surface area contributed by atoms with Crippen LogP contribution in [0.4, 0.5) is 5.69 Å². The van der Waals surface area contributed by atoms with Gasteiger partial charge in [-0.05, 0) is 44.2 Å². The Bertz CT molecular complexity index is 939. The number of anilines is 1. The lowest BCUT2D eigenvalue weighted by atomic mass is 10.2. The number of hydrogen-bond donors (Lipinski definition) is 1. The second-order valence-electron chi connectivity index (χ2n) is 6.93. The lowest BCUT2D eigenvalue weighted by Crippen LogP contribution is -2.53. The Morgan fingerprint density at radius 3 is 2.32 bits per heavy atom. The van der Waals surface area contributed by atoms with Crippen LogP contribution in [0, 0.1) is 6.92 Å². The third-order valence-electron chi connectivity index (χ3n) is 4.95. The molecule has 28 heavy (non-hydrogen) atoms. The van der Waals surface area contributed by atoms with Gasteiger partial charge >= 0.3 is 0 Å². The van der Waals surface area contributed by atoms with E-state index >= 15 is 0 Å². The van der Waals surface area contributed by atoms with Crippen molar-refractivity contribution in [3.8, 4) is 0 Å². The first-order valence-corrected chi connectivity index (χ1v) is 11.0. The predicted molar refractivity (Wildman–Crippen MR) is 111 cm³/mol. The lowest BCUT2D eigenvalue weighted by Gasteiger charge is -2.36. The summed E-state index contributed by atoms with van der Waals surface area (Å²) in [6.07, 6.45) is 0. The molecule has 1 fully saturated rings. The Morgan fingerprint density at radius 1 is 1.07 bits per heavy atom. The van der Waals surface area contributed by atoms with Gasteiger partial charge in [-0.3, -0.25) is 9.69 Å². The van der Waals surface area contributed by atoms with E-state index in [0.29, 0.717) is 31.2 Å². The minimum absolute atomic E-state index is 0.102.